The van der Waals surface area contributed by atoms with Crippen LogP contribution in [0, 0.1) is 0 Å². The van der Waals surface area contributed by atoms with Crippen LogP contribution in [0.5, 0.6) is 0 Å². The van der Waals surface area contributed by atoms with Crippen LogP contribution in [0.25, 0.3) is 0 Å². The summed E-state index contributed by atoms with van der Waals surface area (Å²) in [5.74, 6) is 0. The molecule has 0 spiro atoms. The van der Waals surface area contributed by atoms with Crippen LogP contribution in [-0.2, 0) is 27.4 Å². The van der Waals surface area contributed by atoms with E-state index in [1.807, 2.05) is 0 Å². The zero-order chi connectivity index (χ0) is 0. The van der Waals surface area contributed by atoms with Crippen molar-refractivity contribution in [3.8, 4) is 0 Å². The maximum Gasteiger partial charge on any atom is 2.00 e. The van der Waals surface area contributed by atoms with Gasteiger partial charge >= 0.3 is 75.6 Å². The molecule has 0 heterocycles. The van der Waals surface area contributed by atoms with Gasteiger partial charge in [-0.25, -0.2) is 0 Å². The topological polar surface area (TPSA) is 57.0 Å². The Labute approximate surface area is 85.2 Å². The van der Waals surface area contributed by atoms with Crippen molar-refractivity contribution in [3.63, 3.8) is 0 Å². The third-order valence-corrected chi connectivity index (χ3v) is 0. The SMILES string of the molecule is [Na+].[Na+].[Ni+2].[O-2].[O-2]. The van der Waals surface area contributed by atoms with E-state index in [0.717, 1.165) is 0 Å². The smallest absolute Gasteiger partial charge is 2.00 e. The zero-order valence-corrected chi connectivity index (χ0v) is 8.12. The molecule has 0 aliphatic rings. The minimum Gasteiger partial charge on any atom is -2.00 e. The molecule has 0 atom stereocenters. The van der Waals surface area contributed by atoms with Gasteiger partial charge in [0.25, 0.3) is 0 Å². The van der Waals surface area contributed by atoms with Crippen LogP contribution in [0.3, 0.4) is 0 Å². The average Bonchev–Trinajstić information content (AvgIpc) is 0. The molecule has 0 aromatic carbocycles. The maximum atomic E-state index is 0. The van der Waals surface area contributed by atoms with Gasteiger partial charge in [0.1, 0.15) is 0 Å². The Morgan fingerprint density at radius 1 is 0.600 bits per heavy atom. The van der Waals surface area contributed by atoms with Crippen molar-refractivity contribution in [3.05, 3.63) is 0 Å². The largest absolute Gasteiger partial charge is 2.00 e. The third-order valence-electron chi connectivity index (χ3n) is 0. The Bertz CT molecular complexity index is 7.61. The zero-order valence-electron chi connectivity index (χ0n) is 3.13. The molecule has 0 rings (SSSR count). The van der Waals surface area contributed by atoms with Crippen LogP contribution in [0.1, 0.15) is 0 Å². The van der Waals surface area contributed by atoms with E-state index < -0.39 is 0 Å². The molecule has 0 radical (unpaired) electrons. The molecule has 0 bridgehead atoms. The van der Waals surface area contributed by atoms with E-state index >= 15 is 0 Å². The van der Waals surface area contributed by atoms with Gasteiger partial charge in [-0.2, -0.15) is 0 Å². The first-order chi connectivity index (χ1) is 0. The van der Waals surface area contributed by atoms with Gasteiger partial charge in [-0.1, -0.05) is 0 Å². The minimum atomic E-state index is 0. The standard InChI is InChI=1S/2Na.Ni.2O/q2*+1;+2;2*-2. The summed E-state index contributed by atoms with van der Waals surface area (Å²) in [5.41, 5.74) is 0. The van der Waals surface area contributed by atoms with Crippen LogP contribution in [-0.4, -0.2) is 0 Å². The molecular formula is Na2NiO2. The van der Waals surface area contributed by atoms with E-state index in [2.05, 4.69) is 0 Å². The molecule has 0 aromatic heterocycles. The third kappa shape index (κ3) is 21.4. The van der Waals surface area contributed by atoms with Gasteiger partial charge in [-0.3, -0.25) is 0 Å². The van der Waals surface area contributed by atoms with Crippen LogP contribution >= 0.6 is 0 Å². The molecule has 0 aliphatic carbocycles. The molecule has 0 amide bonds. The van der Waals surface area contributed by atoms with E-state index in [0.29, 0.717) is 0 Å². The van der Waals surface area contributed by atoms with Crippen LogP contribution in [0.2, 0.25) is 0 Å². The van der Waals surface area contributed by atoms with Gasteiger partial charge in [0.2, 0.25) is 0 Å². The second-order valence-electron chi connectivity index (χ2n) is 0. The average molecular weight is 137 g/mol. The summed E-state index contributed by atoms with van der Waals surface area (Å²) in [6, 6.07) is 0. The number of rotatable bonds is 0. The van der Waals surface area contributed by atoms with Crippen molar-refractivity contribution in [2.75, 3.05) is 0 Å². The van der Waals surface area contributed by atoms with Crippen LogP contribution < -0.4 is 59.1 Å². The van der Waals surface area contributed by atoms with Crippen molar-refractivity contribution in [1.82, 2.24) is 0 Å². The van der Waals surface area contributed by atoms with Crippen molar-refractivity contribution >= 4 is 0 Å². The Morgan fingerprint density at radius 2 is 0.600 bits per heavy atom. The van der Waals surface area contributed by atoms with E-state index in [4.69, 9.17) is 0 Å². The van der Waals surface area contributed by atoms with E-state index in [1.165, 1.54) is 0 Å². The van der Waals surface area contributed by atoms with Crippen molar-refractivity contribution in [1.29, 1.82) is 0 Å². The predicted molar refractivity (Wildman–Crippen MR) is 1.37 cm³/mol. The summed E-state index contributed by atoms with van der Waals surface area (Å²) in [7, 11) is 0. The first-order valence-electron chi connectivity index (χ1n) is 0. The van der Waals surface area contributed by atoms with Gasteiger partial charge in [0, 0.05) is 0 Å². The van der Waals surface area contributed by atoms with Gasteiger partial charge in [0.05, 0.1) is 0 Å². The number of hydrogen-bond acceptors (Lipinski definition) is 0. The van der Waals surface area contributed by atoms with Gasteiger partial charge in [-0.15, -0.1) is 0 Å². The van der Waals surface area contributed by atoms with Crippen LogP contribution in [0.4, 0.5) is 0 Å². The van der Waals surface area contributed by atoms with Crippen molar-refractivity contribution in [2.24, 2.45) is 0 Å². The molecule has 0 aromatic rings. The molecule has 0 saturated heterocycles. The molecule has 0 unspecified atom stereocenters. The fourth-order valence-electron chi connectivity index (χ4n) is 0. The molecule has 0 fully saturated rings. The fraction of sp³-hybridized carbons (Fsp3) is 0. The molecular weight excluding hydrogens is 137 g/mol. The number of hydrogen-bond donors (Lipinski definition) is 0. The minimum absolute atomic E-state index is 0. The quantitative estimate of drug-likeness (QED) is 0.298. The molecule has 0 saturated carbocycles. The second-order valence-corrected chi connectivity index (χ2v) is 0. The normalized spacial score (nSPS) is 0. The second kappa shape index (κ2) is 32.3. The van der Waals surface area contributed by atoms with E-state index in [-0.39, 0.29) is 86.6 Å². The summed E-state index contributed by atoms with van der Waals surface area (Å²) in [5, 5.41) is 0. The molecule has 0 aliphatic heterocycles. The predicted octanol–water partition coefficient (Wildman–Crippen LogP) is -6.23. The Kier molecular flexibility index (Phi) is 338. The Balaban J connectivity index is 0. The summed E-state index contributed by atoms with van der Waals surface area (Å²) in [6.07, 6.45) is 0. The van der Waals surface area contributed by atoms with Gasteiger partial charge in [-0.05, 0) is 0 Å². The Morgan fingerprint density at radius 3 is 0.600 bits per heavy atom. The molecule has 24 valence electrons. The summed E-state index contributed by atoms with van der Waals surface area (Å²) in [4.78, 5) is 0. The summed E-state index contributed by atoms with van der Waals surface area (Å²) in [6.45, 7) is 0. The Hall–Kier alpha value is 2.41. The monoisotopic (exact) mass is 136 g/mol. The van der Waals surface area contributed by atoms with Gasteiger partial charge < -0.3 is 11.0 Å². The van der Waals surface area contributed by atoms with E-state index in [9.17, 15) is 0 Å². The van der Waals surface area contributed by atoms with E-state index in [1.54, 1.807) is 0 Å². The van der Waals surface area contributed by atoms with Crippen LogP contribution in [0.15, 0.2) is 0 Å². The summed E-state index contributed by atoms with van der Waals surface area (Å²) < 4.78 is 0. The molecule has 5 heteroatoms. The first-order valence-corrected chi connectivity index (χ1v) is 0. The first kappa shape index (κ1) is 52.4. The molecule has 2 nitrogen and oxygen atoms in total. The molecule has 5 heavy (non-hydrogen) atoms. The summed E-state index contributed by atoms with van der Waals surface area (Å²) >= 11 is 0. The van der Waals surface area contributed by atoms with Gasteiger partial charge in [0.15, 0.2) is 0 Å². The fourth-order valence-corrected chi connectivity index (χ4v) is 0. The van der Waals surface area contributed by atoms with Crippen molar-refractivity contribution in [2.45, 2.75) is 0 Å². The van der Waals surface area contributed by atoms with Crippen molar-refractivity contribution < 1.29 is 86.6 Å². The maximum absolute atomic E-state index is 0. The molecule has 0 N–H and O–H groups in total.